The van der Waals surface area contributed by atoms with Gasteiger partial charge in [-0.3, -0.25) is 0 Å². The maximum atomic E-state index is 6.59. The van der Waals surface area contributed by atoms with Crippen LogP contribution in [0, 0.1) is 6.92 Å². The van der Waals surface area contributed by atoms with Gasteiger partial charge in [0.05, 0.1) is 5.39 Å². The van der Waals surface area contributed by atoms with Gasteiger partial charge in [0.25, 0.3) is 5.58 Å². The lowest BCUT2D eigenvalue weighted by Crippen LogP contribution is -2.28. The first-order valence-corrected chi connectivity index (χ1v) is 11.7. The van der Waals surface area contributed by atoms with Gasteiger partial charge in [0.15, 0.2) is 5.58 Å². The summed E-state index contributed by atoms with van der Waals surface area (Å²) in [5.74, 6) is 0.724. The van der Waals surface area contributed by atoms with Gasteiger partial charge >= 0.3 is 11.6 Å². The number of rotatable bonds is 1. The first-order valence-electron chi connectivity index (χ1n) is 11.7. The van der Waals surface area contributed by atoms with Gasteiger partial charge in [-0.25, -0.2) is 0 Å². The highest BCUT2D eigenvalue weighted by atomic mass is 16.4. The standard InChI is InChI=1S/C31H20NO3/c1-17-11-14-21-24-15-19-13-12-18-7-3-4-8-20(18)23(19)16-26(24)33-28(21)27(17)30-32(2)31-29(35-30)22-9-5-6-10-25(22)34-31/h3-16H,1-2H3/q+1. The van der Waals surface area contributed by atoms with Crippen LogP contribution in [-0.2, 0) is 7.05 Å². The van der Waals surface area contributed by atoms with Gasteiger partial charge in [0.1, 0.15) is 23.8 Å². The summed E-state index contributed by atoms with van der Waals surface area (Å²) in [6.45, 7) is 2.09. The van der Waals surface area contributed by atoms with Crippen LogP contribution in [0.1, 0.15) is 5.56 Å². The molecule has 8 rings (SSSR count). The van der Waals surface area contributed by atoms with E-state index in [4.69, 9.17) is 13.3 Å². The molecule has 0 radical (unpaired) electrons. The summed E-state index contributed by atoms with van der Waals surface area (Å²) >= 11 is 0. The average molecular weight is 455 g/mol. The molecule has 3 heterocycles. The minimum atomic E-state index is 0.714. The summed E-state index contributed by atoms with van der Waals surface area (Å²) in [4.78, 5) is 0. The molecule has 5 aromatic carbocycles. The van der Waals surface area contributed by atoms with Crippen LogP contribution < -0.4 is 4.57 Å². The minimum Gasteiger partial charge on any atom is -0.455 e. The fourth-order valence-electron chi connectivity index (χ4n) is 5.51. The Morgan fingerprint density at radius 2 is 1.37 bits per heavy atom. The number of oxazole rings is 1. The lowest BCUT2D eigenvalue weighted by molar-refractivity contribution is -0.643. The summed E-state index contributed by atoms with van der Waals surface area (Å²) in [6, 6.07) is 29.5. The van der Waals surface area contributed by atoms with Crippen LogP contribution in [0.15, 0.2) is 98.2 Å². The first kappa shape index (κ1) is 18.8. The van der Waals surface area contributed by atoms with E-state index in [0.29, 0.717) is 5.71 Å². The van der Waals surface area contributed by atoms with Crippen molar-refractivity contribution in [1.29, 1.82) is 0 Å². The Bertz CT molecular complexity index is 2140. The van der Waals surface area contributed by atoms with Crippen molar-refractivity contribution < 1.29 is 17.8 Å². The maximum absolute atomic E-state index is 6.59. The zero-order chi connectivity index (χ0) is 23.3. The number of furan rings is 2. The molecule has 35 heavy (non-hydrogen) atoms. The number of fused-ring (bicyclic) bond motifs is 9. The van der Waals surface area contributed by atoms with Gasteiger partial charge in [0.2, 0.25) is 0 Å². The molecule has 0 bridgehead atoms. The Balaban J connectivity index is 1.46. The summed E-state index contributed by atoms with van der Waals surface area (Å²) in [6.07, 6.45) is 0. The van der Waals surface area contributed by atoms with E-state index in [1.165, 1.54) is 21.5 Å². The second kappa shape index (κ2) is 6.51. The lowest BCUT2D eigenvalue weighted by Gasteiger charge is -2.03. The number of para-hydroxylation sites is 1. The predicted octanol–water partition coefficient (Wildman–Crippen LogP) is 8.18. The summed E-state index contributed by atoms with van der Waals surface area (Å²) < 4.78 is 21.2. The number of aromatic nitrogens is 1. The highest BCUT2D eigenvalue weighted by molar-refractivity contribution is 6.17. The Morgan fingerprint density at radius 3 is 2.29 bits per heavy atom. The molecular formula is C31H20NO3+. The van der Waals surface area contributed by atoms with Crippen molar-refractivity contribution >= 4 is 65.7 Å². The SMILES string of the molecule is Cc1ccc2c(oc3cc4c(ccc5ccccc54)cc32)c1-c1oc2c3ccccc3oc2[n+]1C. The fraction of sp³-hybridized carbons (Fsp3) is 0.0645. The van der Waals surface area contributed by atoms with Crippen LogP contribution in [-0.4, -0.2) is 0 Å². The van der Waals surface area contributed by atoms with Gasteiger partial charge < -0.3 is 13.3 Å². The Morgan fingerprint density at radius 1 is 0.571 bits per heavy atom. The molecule has 0 fully saturated rings. The van der Waals surface area contributed by atoms with Crippen molar-refractivity contribution in [2.75, 3.05) is 0 Å². The Hall–Kier alpha value is -4.57. The maximum Gasteiger partial charge on any atom is 0.421 e. The molecule has 0 aliphatic rings. The fourth-order valence-corrected chi connectivity index (χ4v) is 5.51. The van der Waals surface area contributed by atoms with Crippen LogP contribution in [0.4, 0.5) is 0 Å². The number of hydrogen-bond acceptors (Lipinski definition) is 3. The summed E-state index contributed by atoms with van der Waals surface area (Å²) in [7, 11) is 1.98. The van der Waals surface area contributed by atoms with Crippen LogP contribution in [0.5, 0.6) is 0 Å². The van der Waals surface area contributed by atoms with Gasteiger partial charge in [-0.15, -0.1) is 4.57 Å². The third-order valence-electron chi connectivity index (χ3n) is 7.27. The van der Waals surface area contributed by atoms with Crippen LogP contribution >= 0.6 is 0 Å². The molecular weight excluding hydrogens is 434 g/mol. The smallest absolute Gasteiger partial charge is 0.421 e. The largest absolute Gasteiger partial charge is 0.455 e. The van der Waals surface area contributed by atoms with E-state index >= 15 is 0 Å². The van der Waals surface area contributed by atoms with Crippen LogP contribution in [0.3, 0.4) is 0 Å². The summed E-state index contributed by atoms with van der Waals surface area (Å²) in [5.41, 5.74) is 6.03. The highest BCUT2D eigenvalue weighted by Crippen LogP contribution is 2.41. The van der Waals surface area contributed by atoms with E-state index in [1.807, 2.05) is 35.9 Å². The number of benzene rings is 5. The van der Waals surface area contributed by atoms with Gasteiger partial charge in [-0.05, 0) is 58.3 Å². The third kappa shape index (κ3) is 2.43. The minimum absolute atomic E-state index is 0.714. The molecule has 0 atom stereocenters. The van der Waals surface area contributed by atoms with Crippen molar-refractivity contribution in [2.24, 2.45) is 7.05 Å². The van der Waals surface area contributed by atoms with E-state index in [9.17, 15) is 0 Å². The molecule has 0 amide bonds. The van der Waals surface area contributed by atoms with Crippen LogP contribution in [0.25, 0.3) is 77.2 Å². The molecule has 3 aromatic heterocycles. The van der Waals surface area contributed by atoms with Crippen LogP contribution in [0.2, 0.25) is 0 Å². The Kier molecular flexibility index (Phi) is 3.50. The van der Waals surface area contributed by atoms with E-state index < -0.39 is 0 Å². The molecule has 0 N–H and O–H groups in total. The van der Waals surface area contributed by atoms with Gasteiger partial charge in [-0.2, -0.15) is 0 Å². The molecule has 4 heteroatoms. The molecule has 0 saturated heterocycles. The predicted molar refractivity (Wildman–Crippen MR) is 140 cm³/mol. The molecule has 0 spiro atoms. The quantitative estimate of drug-likeness (QED) is 0.185. The summed E-state index contributed by atoms with van der Waals surface area (Å²) in [5, 5.41) is 8.00. The van der Waals surface area contributed by atoms with Crippen molar-refractivity contribution in [3.63, 3.8) is 0 Å². The molecule has 8 aromatic rings. The lowest BCUT2D eigenvalue weighted by atomic mass is 9.99. The van der Waals surface area contributed by atoms with Gasteiger partial charge in [-0.1, -0.05) is 60.7 Å². The number of aryl methyl sites for hydroxylation is 2. The van der Waals surface area contributed by atoms with Crippen molar-refractivity contribution in [2.45, 2.75) is 6.92 Å². The van der Waals surface area contributed by atoms with Gasteiger partial charge in [0, 0.05) is 10.8 Å². The molecule has 0 aliphatic heterocycles. The highest BCUT2D eigenvalue weighted by Gasteiger charge is 2.31. The number of nitrogens with zero attached hydrogens (tertiary/aromatic N) is 1. The molecule has 4 nitrogen and oxygen atoms in total. The molecule has 0 unspecified atom stereocenters. The van der Waals surface area contributed by atoms with Crippen molar-refractivity contribution in [3.8, 4) is 11.5 Å². The second-order valence-electron chi connectivity index (χ2n) is 9.29. The molecule has 0 aliphatic carbocycles. The number of hydrogen-bond donors (Lipinski definition) is 0. The van der Waals surface area contributed by atoms with Crippen molar-refractivity contribution in [1.82, 2.24) is 0 Å². The average Bonchev–Trinajstić information content (AvgIpc) is 3.53. The Labute approximate surface area is 199 Å². The monoisotopic (exact) mass is 454 g/mol. The molecule has 0 saturated carbocycles. The second-order valence-corrected chi connectivity index (χ2v) is 9.29. The zero-order valence-electron chi connectivity index (χ0n) is 19.3. The third-order valence-corrected chi connectivity index (χ3v) is 7.27. The van der Waals surface area contributed by atoms with E-state index in [-0.39, 0.29) is 0 Å². The molecule has 166 valence electrons. The first-order chi connectivity index (χ1) is 17.2. The van der Waals surface area contributed by atoms with E-state index in [1.54, 1.807) is 0 Å². The van der Waals surface area contributed by atoms with E-state index in [0.717, 1.165) is 55.5 Å². The van der Waals surface area contributed by atoms with Crippen molar-refractivity contribution in [3.05, 3.63) is 90.5 Å². The zero-order valence-corrected chi connectivity index (χ0v) is 19.3. The topological polar surface area (TPSA) is 43.3 Å². The normalized spacial score (nSPS) is 12.3. The van der Waals surface area contributed by atoms with E-state index in [2.05, 4.69) is 67.6 Å².